The Morgan fingerprint density at radius 2 is 2.19 bits per heavy atom. The van der Waals surface area contributed by atoms with Gasteiger partial charge in [-0.1, -0.05) is 6.07 Å². The molecular formula is C14H12N2O4S. The highest BCUT2D eigenvalue weighted by atomic mass is 32.1. The minimum absolute atomic E-state index is 0.0559. The number of aryl methyl sites for hydroxylation is 2. The van der Waals surface area contributed by atoms with Crippen LogP contribution >= 0.6 is 11.3 Å². The monoisotopic (exact) mass is 304 g/mol. The van der Waals surface area contributed by atoms with Crippen molar-refractivity contribution in [1.29, 1.82) is 0 Å². The normalized spacial score (nSPS) is 10.8. The molecule has 3 aromatic heterocycles. The van der Waals surface area contributed by atoms with E-state index in [2.05, 4.69) is 10.2 Å². The SMILES string of the molecule is Cc1cc(-c2nnc(COC(=O)c3cccs3)o2)c(C)o1. The molecule has 6 nitrogen and oxygen atoms in total. The fourth-order valence-corrected chi connectivity index (χ4v) is 2.47. The van der Waals surface area contributed by atoms with E-state index < -0.39 is 5.97 Å². The summed E-state index contributed by atoms with van der Waals surface area (Å²) in [5.74, 6) is 1.67. The first-order valence-corrected chi connectivity index (χ1v) is 7.12. The second-order valence-corrected chi connectivity index (χ2v) is 5.33. The van der Waals surface area contributed by atoms with E-state index >= 15 is 0 Å². The third-order valence-corrected chi connectivity index (χ3v) is 3.64. The third-order valence-electron chi connectivity index (χ3n) is 2.79. The smallest absolute Gasteiger partial charge is 0.348 e. The molecule has 7 heteroatoms. The zero-order chi connectivity index (χ0) is 14.8. The lowest BCUT2D eigenvalue weighted by atomic mass is 10.2. The van der Waals surface area contributed by atoms with Gasteiger partial charge in [-0.2, -0.15) is 0 Å². The van der Waals surface area contributed by atoms with E-state index in [1.54, 1.807) is 12.1 Å². The van der Waals surface area contributed by atoms with Gasteiger partial charge < -0.3 is 13.6 Å². The van der Waals surface area contributed by atoms with Crippen LogP contribution in [0, 0.1) is 13.8 Å². The molecule has 0 aliphatic rings. The molecule has 0 saturated heterocycles. The van der Waals surface area contributed by atoms with Crippen molar-refractivity contribution in [2.75, 3.05) is 0 Å². The summed E-state index contributed by atoms with van der Waals surface area (Å²) in [6.45, 7) is 3.61. The Bertz CT molecular complexity index is 758. The van der Waals surface area contributed by atoms with Gasteiger partial charge in [-0.25, -0.2) is 4.79 Å². The highest BCUT2D eigenvalue weighted by molar-refractivity contribution is 7.11. The summed E-state index contributed by atoms with van der Waals surface area (Å²) in [5, 5.41) is 9.61. The van der Waals surface area contributed by atoms with Gasteiger partial charge in [-0.3, -0.25) is 0 Å². The number of carbonyl (C=O) groups excluding carboxylic acids is 1. The topological polar surface area (TPSA) is 78.4 Å². The van der Waals surface area contributed by atoms with Gasteiger partial charge in [0.15, 0.2) is 6.61 Å². The molecule has 0 saturated carbocycles. The Morgan fingerprint density at radius 3 is 2.86 bits per heavy atom. The number of nitrogens with zero attached hydrogens (tertiary/aromatic N) is 2. The largest absolute Gasteiger partial charge is 0.466 e. The summed E-state index contributed by atoms with van der Waals surface area (Å²) in [4.78, 5) is 12.2. The zero-order valence-corrected chi connectivity index (χ0v) is 12.3. The molecule has 3 rings (SSSR count). The molecule has 0 N–H and O–H groups in total. The predicted molar refractivity (Wildman–Crippen MR) is 74.9 cm³/mol. The molecule has 0 fully saturated rings. The van der Waals surface area contributed by atoms with E-state index in [4.69, 9.17) is 13.6 Å². The molecule has 108 valence electrons. The first-order valence-electron chi connectivity index (χ1n) is 6.24. The number of esters is 1. The van der Waals surface area contributed by atoms with E-state index in [1.165, 1.54) is 11.3 Å². The van der Waals surface area contributed by atoms with Crippen LogP contribution in [-0.2, 0) is 11.3 Å². The molecule has 3 heterocycles. The van der Waals surface area contributed by atoms with Gasteiger partial charge in [-0.05, 0) is 31.4 Å². The highest BCUT2D eigenvalue weighted by Crippen LogP contribution is 2.25. The molecule has 0 spiro atoms. The maximum Gasteiger partial charge on any atom is 0.348 e. The summed E-state index contributed by atoms with van der Waals surface area (Å²) >= 11 is 1.32. The van der Waals surface area contributed by atoms with Crippen molar-refractivity contribution in [3.63, 3.8) is 0 Å². The number of furan rings is 1. The first-order chi connectivity index (χ1) is 10.1. The summed E-state index contributed by atoms with van der Waals surface area (Å²) in [6.07, 6.45) is 0. The van der Waals surface area contributed by atoms with Crippen molar-refractivity contribution in [3.8, 4) is 11.5 Å². The van der Waals surface area contributed by atoms with E-state index in [0.29, 0.717) is 16.5 Å². The average Bonchev–Trinajstić information content (AvgIpc) is 3.16. The van der Waals surface area contributed by atoms with Crippen LogP contribution in [0.2, 0.25) is 0 Å². The van der Waals surface area contributed by atoms with Gasteiger partial charge in [0, 0.05) is 0 Å². The van der Waals surface area contributed by atoms with E-state index in [1.807, 2.05) is 25.3 Å². The van der Waals surface area contributed by atoms with E-state index in [9.17, 15) is 4.79 Å². The van der Waals surface area contributed by atoms with Crippen LogP contribution < -0.4 is 0 Å². The maximum atomic E-state index is 11.7. The molecule has 0 radical (unpaired) electrons. The van der Waals surface area contributed by atoms with Gasteiger partial charge in [0.05, 0.1) is 5.56 Å². The van der Waals surface area contributed by atoms with Crippen molar-refractivity contribution in [1.82, 2.24) is 10.2 Å². The molecule has 0 amide bonds. The van der Waals surface area contributed by atoms with Crippen LogP contribution in [0.1, 0.15) is 27.1 Å². The minimum atomic E-state index is -0.403. The van der Waals surface area contributed by atoms with Crippen LogP contribution in [0.25, 0.3) is 11.5 Å². The molecule has 0 atom stereocenters. The molecule has 21 heavy (non-hydrogen) atoms. The van der Waals surface area contributed by atoms with Crippen molar-refractivity contribution in [3.05, 3.63) is 45.9 Å². The number of aromatic nitrogens is 2. The van der Waals surface area contributed by atoms with E-state index in [-0.39, 0.29) is 12.5 Å². The molecule has 0 unspecified atom stereocenters. The maximum absolute atomic E-state index is 11.7. The number of hydrogen-bond donors (Lipinski definition) is 0. The number of hydrogen-bond acceptors (Lipinski definition) is 7. The standard InChI is InChI=1S/C14H12N2O4S/c1-8-6-10(9(2)19-8)13-16-15-12(20-13)7-18-14(17)11-4-3-5-21-11/h3-6H,7H2,1-2H3. The lowest BCUT2D eigenvalue weighted by Gasteiger charge is -1.98. The van der Waals surface area contributed by atoms with Crippen LogP contribution in [0.5, 0.6) is 0 Å². The third kappa shape index (κ3) is 2.87. The van der Waals surface area contributed by atoms with Crippen molar-refractivity contribution >= 4 is 17.3 Å². The molecule has 0 bridgehead atoms. The van der Waals surface area contributed by atoms with Crippen LogP contribution in [0.4, 0.5) is 0 Å². The van der Waals surface area contributed by atoms with Gasteiger partial charge in [0.1, 0.15) is 16.4 Å². The summed E-state index contributed by atoms with van der Waals surface area (Å²) in [6, 6.07) is 5.31. The quantitative estimate of drug-likeness (QED) is 0.688. The summed E-state index contributed by atoms with van der Waals surface area (Å²) in [7, 11) is 0. The van der Waals surface area contributed by atoms with Crippen LogP contribution in [-0.4, -0.2) is 16.2 Å². The fraction of sp³-hybridized carbons (Fsp3) is 0.214. The predicted octanol–water partition coefficient (Wildman–Crippen LogP) is 3.36. The average molecular weight is 304 g/mol. The number of rotatable bonds is 4. The summed E-state index contributed by atoms with van der Waals surface area (Å²) in [5.41, 5.74) is 0.746. The molecule has 0 aliphatic heterocycles. The summed E-state index contributed by atoms with van der Waals surface area (Å²) < 4.78 is 16.0. The van der Waals surface area contributed by atoms with Crippen molar-refractivity contribution in [2.24, 2.45) is 0 Å². The van der Waals surface area contributed by atoms with Crippen molar-refractivity contribution in [2.45, 2.75) is 20.5 Å². The Hall–Kier alpha value is -2.41. The zero-order valence-electron chi connectivity index (χ0n) is 11.5. The van der Waals surface area contributed by atoms with E-state index in [0.717, 1.165) is 11.3 Å². The Balaban J connectivity index is 1.68. The van der Waals surface area contributed by atoms with Gasteiger partial charge in [0.25, 0.3) is 11.8 Å². The molecular weight excluding hydrogens is 292 g/mol. The Morgan fingerprint density at radius 1 is 1.33 bits per heavy atom. The second kappa shape index (κ2) is 5.53. The highest BCUT2D eigenvalue weighted by Gasteiger charge is 2.16. The number of thiophene rings is 1. The Kier molecular flexibility index (Phi) is 3.57. The lowest BCUT2D eigenvalue weighted by molar-refractivity contribution is 0.0444. The van der Waals surface area contributed by atoms with Crippen LogP contribution in [0.15, 0.2) is 32.4 Å². The molecule has 0 aromatic carbocycles. The minimum Gasteiger partial charge on any atom is -0.466 e. The molecule has 0 aliphatic carbocycles. The number of carbonyl (C=O) groups is 1. The van der Waals surface area contributed by atoms with Crippen LogP contribution in [0.3, 0.4) is 0 Å². The first kappa shape index (κ1) is 13.6. The Labute approximate surface area is 124 Å². The molecule has 3 aromatic rings. The second-order valence-electron chi connectivity index (χ2n) is 4.38. The van der Waals surface area contributed by atoms with Gasteiger partial charge in [0.2, 0.25) is 0 Å². The van der Waals surface area contributed by atoms with Gasteiger partial charge >= 0.3 is 5.97 Å². The lowest BCUT2D eigenvalue weighted by Crippen LogP contribution is -2.03. The van der Waals surface area contributed by atoms with Crippen molar-refractivity contribution < 1.29 is 18.4 Å². The fourth-order valence-electron chi connectivity index (χ4n) is 1.86. The number of ether oxygens (including phenoxy) is 1. The van der Waals surface area contributed by atoms with Gasteiger partial charge in [-0.15, -0.1) is 21.5 Å².